The summed E-state index contributed by atoms with van der Waals surface area (Å²) in [4.78, 5) is 18.7. The molecule has 0 atom stereocenters. The van der Waals surface area contributed by atoms with Gasteiger partial charge in [-0.1, -0.05) is 0 Å². The SMILES string of the molecule is O.O.O.O=C[C-](Cl)C=O.[Na+]. The van der Waals surface area contributed by atoms with Gasteiger partial charge >= 0.3 is 29.6 Å². The molecule has 0 heterocycles. The topological polar surface area (TPSA) is 129 Å². The largest absolute Gasteiger partial charge is 1.00 e. The van der Waals surface area contributed by atoms with Gasteiger partial charge in [-0.2, -0.15) is 5.38 Å². The molecular weight excluding hydrogens is 174 g/mol. The Morgan fingerprint density at radius 2 is 1.20 bits per heavy atom. The Morgan fingerprint density at radius 1 is 1.00 bits per heavy atom. The first-order valence-corrected chi connectivity index (χ1v) is 1.62. The van der Waals surface area contributed by atoms with Gasteiger partial charge in [-0.15, -0.1) is 0 Å². The van der Waals surface area contributed by atoms with E-state index in [1.165, 1.54) is 0 Å². The summed E-state index contributed by atoms with van der Waals surface area (Å²) in [6.07, 6.45) is 0.573. The van der Waals surface area contributed by atoms with Gasteiger partial charge in [0.15, 0.2) is 0 Å². The molecule has 0 unspecified atom stereocenters. The second-order valence-electron chi connectivity index (χ2n) is 0.621. The zero-order valence-corrected chi connectivity index (χ0v) is 8.11. The second-order valence-corrected chi connectivity index (χ2v) is 1.06. The van der Waals surface area contributed by atoms with Gasteiger partial charge in [0.2, 0.25) is 0 Å². The Bertz CT molecular complexity index is 61.9. The van der Waals surface area contributed by atoms with Crippen LogP contribution >= 0.6 is 11.6 Å². The van der Waals surface area contributed by atoms with E-state index in [2.05, 4.69) is 0 Å². The maximum Gasteiger partial charge on any atom is 1.00 e. The van der Waals surface area contributed by atoms with Gasteiger partial charge in [0.1, 0.15) is 0 Å². The van der Waals surface area contributed by atoms with Crippen LogP contribution in [0.1, 0.15) is 0 Å². The van der Waals surface area contributed by atoms with Crippen molar-refractivity contribution >= 4 is 24.2 Å². The van der Waals surface area contributed by atoms with Crippen molar-refractivity contribution in [1.82, 2.24) is 0 Å². The molecule has 0 fully saturated rings. The quantitative estimate of drug-likeness (QED) is 0.183. The van der Waals surface area contributed by atoms with E-state index < -0.39 is 0 Å². The molecule has 0 aliphatic rings. The van der Waals surface area contributed by atoms with Gasteiger partial charge in [-0.05, 0) is 0 Å². The van der Waals surface area contributed by atoms with E-state index >= 15 is 0 Å². The van der Waals surface area contributed by atoms with Crippen molar-refractivity contribution in [1.29, 1.82) is 0 Å². The van der Waals surface area contributed by atoms with Crippen LogP contribution in [0.25, 0.3) is 0 Å². The van der Waals surface area contributed by atoms with Crippen molar-refractivity contribution in [3.8, 4) is 0 Å². The third kappa shape index (κ3) is 23.8. The molecule has 0 bridgehead atoms. The molecule has 7 heteroatoms. The van der Waals surface area contributed by atoms with Crippen molar-refractivity contribution in [3.05, 3.63) is 5.38 Å². The smallest absolute Gasteiger partial charge is 0.412 e. The third-order valence-corrected chi connectivity index (χ3v) is 0.403. The van der Waals surface area contributed by atoms with Crippen LogP contribution in [0.4, 0.5) is 0 Å². The minimum Gasteiger partial charge on any atom is -0.412 e. The van der Waals surface area contributed by atoms with Crippen molar-refractivity contribution < 1.29 is 55.6 Å². The van der Waals surface area contributed by atoms with E-state index in [0.717, 1.165) is 0 Å². The maximum atomic E-state index is 9.34. The number of hydrogen-bond acceptors (Lipinski definition) is 2. The maximum absolute atomic E-state index is 9.34. The fourth-order valence-electron chi connectivity index (χ4n) is 0.0278. The molecule has 6 N–H and O–H groups in total. The standard InChI is InChI=1S/C3H2ClO2.Na.3H2O/c4-3(1-5)2-6;;;;/h1-2H;;3*1H2/q-1;+1;;;. The van der Waals surface area contributed by atoms with Crippen LogP contribution in [0.2, 0.25) is 0 Å². The van der Waals surface area contributed by atoms with Crippen LogP contribution in [0, 0.1) is 5.38 Å². The van der Waals surface area contributed by atoms with Gasteiger partial charge in [0.05, 0.1) is 0 Å². The minimum atomic E-state index is -0.296. The molecular formula is C3H8ClNaO5. The first-order valence-electron chi connectivity index (χ1n) is 1.24. The molecule has 58 valence electrons. The number of hydrogen-bond donors (Lipinski definition) is 0. The van der Waals surface area contributed by atoms with Gasteiger partial charge in [0.25, 0.3) is 0 Å². The molecule has 0 saturated heterocycles. The number of halogens is 1. The molecule has 0 aromatic heterocycles. The summed E-state index contributed by atoms with van der Waals surface area (Å²) in [5.41, 5.74) is 0. The third-order valence-electron chi connectivity index (χ3n) is 0.225. The minimum absolute atomic E-state index is 0. The zero-order chi connectivity index (χ0) is 4.99. The van der Waals surface area contributed by atoms with Crippen LogP contribution in [-0.2, 0) is 9.59 Å². The summed E-state index contributed by atoms with van der Waals surface area (Å²) in [5.74, 6) is 0. The average Bonchev–Trinajstić information content (AvgIpc) is 1.65. The van der Waals surface area contributed by atoms with Crippen molar-refractivity contribution in [2.75, 3.05) is 0 Å². The normalized spacial score (nSPS) is 4.10. The molecule has 10 heavy (non-hydrogen) atoms. The van der Waals surface area contributed by atoms with Crippen LogP contribution in [0.5, 0.6) is 0 Å². The molecule has 0 saturated carbocycles. The van der Waals surface area contributed by atoms with E-state index in [0.29, 0.717) is 0 Å². The molecule has 0 aliphatic carbocycles. The Balaban J connectivity index is -0.0000000208. The number of carbonyl (C=O) groups excluding carboxylic acids is 2. The van der Waals surface area contributed by atoms with E-state index in [4.69, 9.17) is 11.6 Å². The Morgan fingerprint density at radius 3 is 1.20 bits per heavy atom. The van der Waals surface area contributed by atoms with Gasteiger partial charge in [-0.3, -0.25) is 0 Å². The van der Waals surface area contributed by atoms with Crippen molar-refractivity contribution in [2.24, 2.45) is 0 Å². The van der Waals surface area contributed by atoms with E-state index in [1.54, 1.807) is 0 Å². The summed E-state index contributed by atoms with van der Waals surface area (Å²) in [7, 11) is 0. The van der Waals surface area contributed by atoms with Crippen molar-refractivity contribution in [3.63, 3.8) is 0 Å². The summed E-state index contributed by atoms with van der Waals surface area (Å²) in [6.45, 7) is 0. The molecule has 0 spiro atoms. The van der Waals surface area contributed by atoms with Crippen LogP contribution in [0.15, 0.2) is 0 Å². The predicted molar refractivity (Wildman–Crippen MR) is 32.1 cm³/mol. The Kier molecular flexibility index (Phi) is 71.8. The number of aldehydes is 2. The number of rotatable bonds is 2. The zero-order valence-electron chi connectivity index (χ0n) is 5.35. The predicted octanol–water partition coefficient (Wildman–Crippen LogP) is -5.32. The summed E-state index contributed by atoms with van der Waals surface area (Å²) >= 11 is 4.83. The summed E-state index contributed by atoms with van der Waals surface area (Å²) < 4.78 is 0. The Labute approximate surface area is 85.0 Å². The van der Waals surface area contributed by atoms with Crippen LogP contribution in [-0.4, -0.2) is 29.0 Å². The molecule has 0 aromatic rings. The summed E-state index contributed by atoms with van der Waals surface area (Å²) in [6, 6.07) is 0. The molecule has 0 aromatic carbocycles. The fourth-order valence-corrected chi connectivity index (χ4v) is 0.0278. The number of carbonyl (C=O) groups is 2. The molecule has 5 nitrogen and oxygen atoms in total. The molecule has 0 aliphatic heterocycles. The van der Waals surface area contributed by atoms with E-state index in [1.807, 2.05) is 0 Å². The molecule has 0 radical (unpaired) electrons. The second kappa shape index (κ2) is 22.8. The van der Waals surface area contributed by atoms with Gasteiger partial charge in [0, 0.05) is 12.6 Å². The molecule has 0 rings (SSSR count). The van der Waals surface area contributed by atoms with Gasteiger partial charge in [-0.25, -0.2) is 0 Å². The molecule has 0 amide bonds. The first kappa shape index (κ1) is 31.6. The average molecular weight is 183 g/mol. The monoisotopic (exact) mass is 182 g/mol. The Hall–Kier alpha value is 0.380. The first-order chi connectivity index (χ1) is 2.81. The van der Waals surface area contributed by atoms with E-state index in [-0.39, 0.29) is 63.9 Å². The van der Waals surface area contributed by atoms with Crippen molar-refractivity contribution in [2.45, 2.75) is 0 Å². The van der Waals surface area contributed by atoms with Crippen LogP contribution in [0.3, 0.4) is 0 Å². The fraction of sp³-hybridized carbons (Fsp3) is 0. The van der Waals surface area contributed by atoms with Gasteiger partial charge < -0.3 is 37.6 Å². The van der Waals surface area contributed by atoms with E-state index in [9.17, 15) is 9.59 Å². The van der Waals surface area contributed by atoms with Crippen LogP contribution < -0.4 is 29.6 Å². The summed E-state index contributed by atoms with van der Waals surface area (Å²) in [5, 5.41) is -0.296.